The Morgan fingerprint density at radius 1 is 0.750 bits per heavy atom. The van der Waals surface area contributed by atoms with E-state index in [1.165, 1.54) is 41.7 Å². The molecule has 1 aliphatic heterocycles. The van der Waals surface area contributed by atoms with Gasteiger partial charge in [0.2, 0.25) is 0 Å². The fraction of sp³-hybridized carbons (Fsp3) is 0.219. The maximum absolute atomic E-state index is 13.3. The number of carbonyl (C=O) groups excluding carboxylic acids is 1. The van der Waals surface area contributed by atoms with Crippen molar-refractivity contribution >= 4 is 21.6 Å². The van der Waals surface area contributed by atoms with Crippen LogP contribution in [0.4, 0.5) is 5.69 Å². The molecule has 0 spiro atoms. The number of amides is 1. The first-order valence-electron chi connectivity index (χ1n) is 13.2. The summed E-state index contributed by atoms with van der Waals surface area (Å²) in [6, 6.07) is 34.1. The smallest absolute Gasteiger partial charge is 0.264 e. The number of methoxy groups -OCH3 is 1. The monoisotopic (exact) mass is 555 g/mol. The average molecular weight is 556 g/mol. The summed E-state index contributed by atoms with van der Waals surface area (Å²) in [6.45, 7) is 2.73. The van der Waals surface area contributed by atoms with Gasteiger partial charge in [-0.15, -0.1) is 0 Å². The van der Waals surface area contributed by atoms with E-state index in [4.69, 9.17) is 4.74 Å². The van der Waals surface area contributed by atoms with Crippen molar-refractivity contribution in [2.75, 3.05) is 44.6 Å². The third-order valence-corrected chi connectivity index (χ3v) is 9.19. The molecule has 7 nitrogen and oxygen atoms in total. The Hall–Kier alpha value is -4.14. The highest BCUT2D eigenvalue weighted by Crippen LogP contribution is 2.30. The van der Waals surface area contributed by atoms with Crippen LogP contribution in [0.3, 0.4) is 0 Å². The molecule has 8 heteroatoms. The van der Waals surface area contributed by atoms with Gasteiger partial charge >= 0.3 is 0 Å². The van der Waals surface area contributed by atoms with E-state index in [0.717, 1.165) is 13.1 Å². The Kier molecular flexibility index (Phi) is 8.19. The van der Waals surface area contributed by atoms with Crippen molar-refractivity contribution < 1.29 is 17.9 Å². The normalized spacial score (nSPS) is 14.2. The van der Waals surface area contributed by atoms with Crippen molar-refractivity contribution in [2.45, 2.75) is 10.9 Å². The standard InChI is InChI=1S/C32H33N3O4S/c1-33(40(37,38)30-19-17-29(39-2)18-20-30)28-15-13-27(14-16-28)32(36)35-23-21-34(22-24-35)31(25-9-5-3-6-10-25)26-11-7-4-8-12-26/h3-20,31H,21-24H2,1-2H3. The molecule has 1 amide bonds. The maximum Gasteiger partial charge on any atom is 0.264 e. The first kappa shape index (κ1) is 27.4. The van der Waals surface area contributed by atoms with Crippen LogP contribution in [0.5, 0.6) is 5.75 Å². The molecule has 1 heterocycles. The molecule has 0 radical (unpaired) electrons. The number of piperazine rings is 1. The minimum absolute atomic E-state index is 0.0529. The second-order valence-electron chi connectivity index (χ2n) is 9.75. The highest BCUT2D eigenvalue weighted by Gasteiger charge is 2.29. The number of nitrogens with zero attached hydrogens (tertiary/aromatic N) is 3. The van der Waals surface area contributed by atoms with Gasteiger partial charge in [-0.25, -0.2) is 8.42 Å². The highest BCUT2D eigenvalue weighted by atomic mass is 32.2. The third-order valence-electron chi connectivity index (χ3n) is 7.39. The Bertz CT molecular complexity index is 1480. The summed E-state index contributed by atoms with van der Waals surface area (Å²) >= 11 is 0. The average Bonchev–Trinajstić information content (AvgIpc) is 3.02. The summed E-state index contributed by atoms with van der Waals surface area (Å²) in [6.07, 6.45) is 0. The molecular formula is C32H33N3O4S. The molecule has 0 aromatic heterocycles. The van der Waals surface area contributed by atoms with E-state index >= 15 is 0 Å². The Labute approximate surface area is 236 Å². The second-order valence-corrected chi connectivity index (χ2v) is 11.7. The van der Waals surface area contributed by atoms with Gasteiger partial charge in [-0.1, -0.05) is 60.7 Å². The summed E-state index contributed by atoms with van der Waals surface area (Å²) < 4.78 is 32.5. The zero-order valence-corrected chi connectivity index (χ0v) is 23.5. The second kappa shape index (κ2) is 11.9. The van der Waals surface area contributed by atoms with Gasteiger partial charge in [-0.05, 0) is 59.7 Å². The summed E-state index contributed by atoms with van der Waals surface area (Å²) in [5, 5.41) is 0. The molecule has 1 fully saturated rings. The van der Waals surface area contributed by atoms with Crippen molar-refractivity contribution in [1.29, 1.82) is 0 Å². The molecular weight excluding hydrogens is 522 g/mol. The quantitative estimate of drug-likeness (QED) is 0.304. The zero-order valence-electron chi connectivity index (χ0n) is 22.7. The Morgan fingerprint density at radius 2 is 1.27 bits per heavy atom. The fourth-order valence-electron chi connectivity index (χ4n) is 5.11. The largest absolute Gasteiger partial charge is 0.497 e. The number of hydrogen-bond acceptors (Lipinski definition) is 5. The molecule has 0 unspecified atom stereocenters. The molecule has 0 N–H and O–H groups in total. The van der Waals surface area contributed by atoms with Crippen LogP contribution in [0, 0.1) is 0 Å². The minimum atomic E-state index is -3.75. The van der Waals surface area contributed by atoms with E-state index in [1.807, 2.05) is 17.0 Å². The number of sulfonamides is 1. The highest BCUT2D eigenvalue weighted by molar-refractivity contribution is 7.92. The van der Waals surface area contributed by atoms with Crippen molar-refractivity contribution in [3.63, 3.8) is 0 Å². The van der Waals surface area contributed by atoms with Gasteiger partial charge in [0.25, 0.3) is 15.9 Å². The van der Waals surface area contributed by atoms with Crippen molar-refractivity contribution in [2.24, 2.45) is 0 Å². The number of anilines is 1. The topological polar surface area (TPSA) is 70.2 Å². The van der Waals surface area contributed by atoms with Crippen LogP contribution in [0.1, 0.15) is 27.5 Å². The lowest BCUT2D eigenvalue weighted by molar-refractivity contribution is 0.0597. The lowest BCUT2D eigenvalue weighted by atomic mass is 9.96. The molecule has 0 aliphatic carbocycles. The van der Waals surface area contributed by atoms with Crippen molar-refractivity contribution in [3.8, 4) is 5.75 Å². The van der Waals surface area contributed by atoms with Crippen molar-refractivity contribution in [3.05, 3.63) is 126 Å². The first-order valence-corrected chi connectivity index (χ1v) is 14.7. The molecule has 4 aromatic rings. The van der Waals surface area contributed by atoms with Crippen LogP contribution in [0.2, 0.25) is 0 Å². The maximum atomic E-state index is 13.3. The first-order chi connectivity index (χ1) is 19.4. The van der Waals surface area contributed by atoms with Gasteiger partial charge in [-0.2, -0.15) is 0 Å². The van der Waals surface area contributed by atoms with Gasteiger partial charge in [0.1, 0.15) is 5.75 Å². The van der Waals surface area contributed by atoms with E-state index in [-0.39, 0.29) is 16.8 Å². The molecule has 1 aliphatic rings. The molecule has 0 saturated carbocycles. The molecule has 206 valence electrons. The van der Waals surface area contributed by atoms with Crippen LogP contribution in [-0.4, -0.2) is 64.5 Å². The SMILES string of the molecule is COc1ccc(S(=O)(=O)N(C)c2ccc(C(=O)N3CCN(C(c4ccccc4)c4ccccc4)CC3)cc2)cc1. The summed E-state index contributed by atoms with van der Waals surface area (Å²) in [5.41, 5.74) is 3.48. The third kappa shape index (κ3) is 5.73. The molecule has 4 aromatic carbocycles. The van der Waals surface area contributed by atoms with Gasteiger partial charge < -0.3 is 9.64 Å². The van der Waals surface area contributed by atoms with E-state index < -0.39 is 10.0 Å². The van der Waals surface area contributed by atoms with Gasteiger partial charge in [0.15, 0.2) is 0 Å². The summed E-state index contributed by atoms with van der Waals surface area (Å²) in [5.74, 6) is 0.531. The molecule has 0 atom stereocenters. The molecule has 40 heavy (non-hydrogen) atoms. The zero-order chi connectivity index (χ0) is 28.1. The Balaban J connectivity index is 1.25. The van der Waals surface area contributed by atoms with Crippen LogP contribution in [0.25, 0.3) is 0 Å². The number of ether oxygens (including phenoxy) is 1. The number of carbonyl (C=O) groups is 1. The van der Waals surface area contributed by atoms with Crippen LogP contribution in [0.15, 0.2) is 114 Å². The van der Waals surface area contributed by atoms with E-state index in [1.54, 1.807) is 36.4 Å². The van der Waals surface area contributed by atoms with Gasteiger partial charge in [-0.3, -0.25) is 14.0 Å². The van der Waals surface area contributed by atoms with Crippen LogP contribution >= 0.6 is 0 Å². The van der Waals surface area contributed by atoms with E-state index in [2.05, 4.69) is 53.4 Å². The minimum Gasteiger partial charge on any atom is -0.497 e. The van der Waals surface area contributed by atoms with E-state index in [9.17, 15) is 13.2 Å². The number of benzene rings is 4. The van der Waals surface area contributed by atoms with Crippen LogP contribution in [-0.2, 0) is 10.0 Å². The number of hydrogen-bond donors (Lipinski definition) is 0. The van der Waals surface area contributed by atoms with Crippen LogP contribution < -0.4 is 9.04 Å². The summed E-state index contributed by atoms with van der Waals surface area (Å²) in [7, 11) is -0.716. The fourth-order valence-corrected chi connectivity index (χ4v) is 6.30. The van der Waals surface area contributed by atoms with Crippen molar-refractivity contribution in [1.82, 2.24) is 9.80 Å². The van der Waals surface area contributed by atoms with Gasteiger partial charge in [0.05, 0.1) is 23.7 Å². The Morgan fingerprint density at radius 3 is 1.77 bits per heavy atom. The lowest BCUT2D eigenvalue weighted by Gasteiger charge is -2.39. The molecule has 0 bridgehead atoms. The van der Waals surface area contributed by atoms with Gasteiger partial charge in [0, 0.05) is 38.8 Å². The predicted molar refractivity (Wildman–Crippen MR) is 157 cm³/mol. The predicted octanol–water partition coefficient (Wildman–Crippen LogP) is 5.07. The molecule has 5 rings (SSSR count). The lowest BCUT2D eigenvalue weighted by Crippen LogP contribution is -2.49. The molecule has 1 saturated heterocycles. The summed E-state index contributed by atoms with van der Waals surface area (Å²) in [4.78, 5) is 17.8. The number of rotatable bonds is 8. The van der Waals surface area contributed by atoms with E-state index in [0.29, 0.717) is 30.1 Å².